The summed E-state index contributed by atoms with van der Waals surface area (Å²) < 4.78 is 25.2. The molecule has 0 aliphatic heterocycles. The van der Waals surface area contributed by atoms with Gasteiger partial charge in [0.25, 0.3) is 0 Å². The normalized spacial score (nSPS) is 10.8. The molecule has 0 bridgehead atoms. The van der Waals surface area contributed by atoms with Crippen molar-refractivity contribution in [3.8, 4) is 34.1 Å². The first-order valence-corrected chi connectivity index (χ1v) is 12.5. The molecule has 178 valence electrons. The van der Waals surface area contributed by atoms with Gasteiger partial charge in [0.1, 0.15) is 0 Å². The molecule has 0 aliphatic carbocycles. The molecule has 0 spiro atoms. The summed E-state index contributed by atoms with van der Waals surface area (Å²) in [4.78, 5) is 0. The highest BCUT2D eigenvalue weighted by molar-refractivity contribution is 5.79. The monoisotopic (exact) mass is 442 g/mol. The first kappa shape index (κ1) is 25.9. The van der Waals surface area contributed by atoms with E-state index in [-0.39, 0.29) is 0 Å². The second kappa shape index (κ2) is 15.4. The van der Waals surface area contributed by atoms with Gasteiger partial charge in [-0.1, -0.05) is 83.7 Å². The molecule has 0 unspecified atom stereocenters. The first-order valence-electron chi connectivity index (χ1n) is 12.5. The summed E-state index contributed by atoms with van der Waals surface area (Å²) in [5, 5.41) is 0. The second-order valence-electron chi connectivity index (χ2n) is 8.08. The van der Waals surface area contributed by atoms with E-state index in [1.54, 1.807) is 0 Å². The number of rotatable bonds is 17. The third-order valence-electron chi connectivity index (χ3n) is 5.23. The molecule has 0 amide bonds. The Morgan fingerprint density at radius 2 is 1.00 bits per heavy atom. The van der Waals surface area contributed by atoms with Crippen LogP contribution in [0.2, 0.25) is 0 Å². The van der Waals surface area contributed by atoms with E-state index in [1.165, 1.54) is 0 Å². The molecule has 0 radical (unpaired) electrons. The van der Waals surface area contributed by atoms with Gasteiger partial charge in [0.05, 0.1) is 26.4 Å². The molecule has 4 heteroatoms. The minimum absolute atomic E-state index is 0.622. The van der Waals surface area contributed by atoms with Gasteiger partial charge in [0.2, 0.25) is 11.5 Å². The van der Waals surface area contributed by atoms with E-state index in [4.69, 9.17) is 18.9 Å². The zero-order valence-corrected chi connectivity index (χ0v) is 20.6. The SMILES string of the molecule is CCCCOc1cc(-c2ccccc2)c(OCCCC)c(OCCCC)c1OCCCC. The van der Waals surface area contributed by atoms with Gasteiger partial charge in [0.15, 0.2) is 11.5 Å². The highest BCUT2D eigenvalue weighted by atomic mass is 16.6. The maximum absolute atomic E-state index is 6.36. The van der Waals surface area contributed by atoms with Crippen LogP contribution in [0, 0.1) is 0 Å². The van der Waals surface area contributed by atoms with Gasteiger partial charge in [0, 0.05) is 5.56 Å². The number of hydrogen-bond acceptors (Lipinski definition) is 4. The molecule has 0 heterocycles. The summed E-state index contributed by atoms with van der Waals surface area (Å²) in [6, 6.07) is 12.4. The molecule has 4 nitrogen and oxygen atoms in total. The fraction of sp³-hybridized carbons (Fsp3) is 0.571. The molecule has 0 aromatic heterocycles. The number of benzene rings is 2. The lowest BCUT2D eigenvalue weighted by molar-refractivity contribution is 0.222. The van der Waals surface area contributed by atoms with Crippen molar-refractivity contribution in [1.82, 2.24) is 0 Å². The molecule has 0 atom stereocenters. The Morgan fingerprint density at radius 1 is 0.531 bits per heavy atom. The third kappa shape index (κ3) is 7.96. The topological polar surface area (TPSA) is 36.9 Å². The van der Waals surface area contributed by atoms with Gasteiger partial charge in [-0.05, 0) is 37.3 Å². The molecule has 0 fully saturated rings. The fourth-order valence-electron chi connectivity index (χ4n) is 3.23. The summed E-state index contributed by atoms with van der Waals surface area (Å²) in [7, 11) is 0. The largest absolute Gasteiger partial charge is 0.490 e. The zero-order chi connectivity index (χ0) is 23.0. The Kier molecular flexibility index (Phi) is 12.5. The van der Waals surface area contributed by atoms with Crippen LogP contribution in [-0.4, -0.2) is 26.4 Å². The first-order chi connectivity index (χ1) is 15.8. The van der Waals surface area contributed by atoms with Crippen molar-refractivity contribution in [3.63, 3.8) is 0 Å². The maximum Gasteiger partial charge on any atom is 0.208 e. The maximum atomic E-state index is 6.36. The van der Waals surface area contributed by atoms with E-state index in [1.807, 2.05) is 18.2 Å². The molecule has 2 aromatic rings. The van der Waals surface area contributed by atoms with Crippen molar-refractivity contribution in [2.45, 2.75) is 79.1 Å². The van der Waals surface area contributed by atoms with Crippen molar-refractivity contribution in [2.75, 3.05) is 26.4 Å². The van der Waals surface area contributed by atoms with Gasteiger partial charge in [-0.15, -0.1) is 0 Å². The smallest absolute Gasteiger partial charge is 0.208 e. The Morgan fingerprint density at radius 3 is 1.53 bits per heavy atom. The van der Waals surface area contributed by atoms with Crippen molar-refractivity contribution >= 4 is 0 Å². The summed E-state index contributed by atoms with van der Waals surface area (Å²) >= 11 is 0. The Labute approximate surface area is 195 Å². The van der Waals surface area contributed by atoms with E-state index in [0.29, 0.717) is 37.9 Å². The minimum Gasteiger partial charge on any atom is -0.490 e. The van der Waals surface area contributed by atoms with Crippen LogP contribution in [0.1, 0.15) is 79.1 Å². The minimum atomic E-state index is 0.622. The lowest BCUT2D eigenvalue weighted by Gasteiger charge is -2.23. The molecular weight excluding hydrogens is 400 g/mol. The van der Waals surface area contributed by atoms with Crippen LogP contribution in [0.4, 0.5) is 0 Å². The molecule has 2 aromatic carbocycles. The van der Waals surface area contributed by atoms with Crippen LogP contribution >= 0.6 is 0 Å². The third-order valence-corrected chi connectivity index (χ3v) is 5.23. The molecule has 32 heavy (non-hydrogen) atoms. The summed E-state index contributed by atoms with van der Waals surface area (Å²) in [6.45, 7) is 11.2. The lowest BCUT2D eigenvalue weighted by Crippen LogP contribution is -2.09. The van der Waals surface area contributed by atoms with Crippen LogP contribution < -0.4 is 18.9 Å². The molecule has 0 saturated carbocycles. The van der Waals surface area contributed by atoms with Crippen molar-refractivity contribution < 1.29 is 18.9 Å². The van der Waals surface area contributed by atoms with E-state index in [0.717, 1.165) is 74.0 Å². The lowest BCUT2D eigenvalue weighted by atomic mass is 10.0. The average molecular weight is 443 g/mol. The summed E-state index contributed by atoms with van der Waals surface area (Å²) in [6.07, 6.45) is 8.23. The van der Waals surface area contributed by atoms with Crippen molar-refractivity contribution in [1.29, 1.82) is 0 Å². The van der Waals surface area contributed by atoms with Crippen LogP contribution in [-0.2, 0) is 0 Å². The van der Waals surface area contributed by atoms with E-state index in [9.17, 15) is 0 Å². The quantitative estimate of drug-likeness (QED) is 0.232. The van der Waals surface area contributed by atoms with Crippen molar-refractivity contribution in [3.05, 3.63) is 36.4 Å². The summed E-state index contributed by atoms with van der Waals surface area (Å²) in [5.74, 6) is 2.85. The van der Waals surface area contributed by atoms with Gasteiger partial charge < -0.3 is 18.9 Å². The highest BCUT2D eigenvalue weighted by Gasteiger charge is 2.24. The van der Waals surface area contributed by atoms with Gasteiger partial charge in [-0.3, -0.25) is 0 Å². The molecular formula is C28H42O4. The summed E-state index contributed by atoms with van der Waals surface area (Å²) in [5.41, 5.74) is 2.07. The number of ether oxygens (including phenoxy) is 4. The predicted molar refractivity (Wildman–Crippen MR) is 133 cm³/mol. The predicted octanol–water partition coefficient (Wildman–Crippen LogP) is 8.07. The van der Waals surface area contributed by atoms with Crippen molar-refractivity contribution in [2.24, 2.45) is 0 Å². The Bertz CT molecular complexity index is 758. The number of unbranched alkanes of at least 4 members (excludes halogenated alkanes) is 4. The Balaban J connectivity index is 2.60. The molecule has 0 N–H and O–H groups in total. The van der Waals surface area contributed by atoms with Gasteiger partial charge >= 0.3 is 0 Å². The van der Waals surface area contributed by atoms with Crippen LogP contribution in [0.5, 0.6) is 23.0 Å². The number of hydrogen-bond donors (Lipinski definition) is 0. The standard InChI is InChI=1S/C28H42O4/c1-5-9-18-29-25-22-24(23-16-14-13-15-17-23)26(30-19-10-6-2)28(32-21-12-8-4)27(25)31-20-11-7-3/h13-17,22H,5-12,18-21H2,1-4H3. The highest BCUT2D eigenvalue weighted by Crippen LogP contribution is 2.51. The molecule has 2 rings (SSSR count). The van der Waals surface area contributed by atoms with Crippen LogP contribution in [0.3, 0.4) is 0 Å². The van der Waals surface area contributed by atoms with Gasteiger partial charge in [-0.25, -0.2) is 0 Å². The van der Waals surface area contributed by atoms with E-state index in [2.05, 4.69) is 45.9 Å². The fourth-order valence-corrected chi connectivity index (χ4v) is 3.23. The molecule has 0 aliphatic rings. The van der Waals surface area contributed by atoms with Crippen LogP contribution in [0.25, 0.3) is 11.1 Å². The van der Waals surface area contributed by atoms with Gasteiger partial charge in [-0.2, -0.15) is 0 Å². The van der Waals surface area contributed by atoms with E-state index >= 15 is 0 Å². The van der Waals surface area contributed by atoms with E-state index < -0.39 is 0 Å². The second-order valence-corrected chi connectivity index (χ2v) is 8.08. The Hall–Kier alpha value is -2.36. The zero-order valence-electron chi connectivity index (χ0n) is 20.6. The molecule has 0 saturated heterocycles. The average Bonchev–Trinajstić information content (AvgIpc) is 2.82. The van der Waals surface area contributed by atoms with Crippen LogP contribution in [0.15, 0.2) is 36.4 Å².